The standard InChI is InChI=1S/C12H15NO2/c1-2-3-4-11-7-5-10(9-13-11)6-8-12(14)15/h5-9H,2-4H2,1H3,(H,14,15). The van der Waals surface area contributed by atoms with Gasteiger partial charge in [0.15, 0.2) is 0 Å². The number of pyridine rings is 1. The first-order valence-corrected chi connectivity index (χ1v) is 5.08. The Morgan fingerprint density at radius 2 is 2.33 bits per heavy atom. The lowest BCUT2D eigenvalue weighted by molar-refractivity contribution is -0.131. The normalized spacial score (nSPS) is 10.7. The lowest BCUT2D eigenvalue weighted by Gasteiger charge is -1.98. The van der Waals surface area contributed by atoms with Crippen LogP contribution in [-0.4, -0.2) is 16.1 Å². The molecule has 0 unspecified atom stereocenters. The van der Waals surface area contributed by atoms with Crippen molar-refractivity contribution in [3.63, 3.8) is 0 Å². The quantitative estimate of drug-likeness (QED) is 0.751. The number of nitrogens with zero attached hydrogens (tertiary/aromatic N) is 1. The molecule has 1 N–H and O–H groups in total. The van der Waals surface area contributed by atoms with E-state index in [1.807, 2.05) is 12.1 Å². The predicted molar refractivity (Wildman–Crippen MR) is 59.5 cm³/mol. The van der Waals surface area contributed by atoms with Crippen molar-refractivity contribution in [3.8, 4) is 0 Å². The number of aromatic nitrogens is 1. The second kappa shape index (κ2) is 5.96. The van der Waals surface area contributed by atoms with Crippen LogP contribution in [0.5, 0.6) is 0 Å². The number of carboxylic acid groups (broad SMARTS) is 1. The summed E-state index contributed by atoms with van der Waals surface area (Å²) in [6.45, 7) is 2.14. The fourth-order valence-corrected chi connectivity index (χ4v) is 1.21. The van der Waals surface area contributed by atoms with E-state index in [0.29, 0.717) is 0 Å². The Balaban J connectivity index is 2.60. The SMILES string of the molecule is CCCCc1ccc(C=CC(=O)O)cn1. The summed E-state index contributed by atoms with van der Waals surface area (Å²) in [4.78, 5) is 14.5. The average Bonchev–Trinajstić information content (AvgIpc) is 2.25. The van der Waals surface area contributed by atoms with Crippen molar-refractivity contribution in [2.24, 2.45) is 0 Å². The van der Waals surface area contributed by atoms with Crippen LogP contribution >= 0.6 is 0 Å². The number of rotatable bonds is 5. The van der Waals surface area contributed by atoms with Crippen LogP contribution in [0.3, 0.4) is 0 Å². The molecule has 3 heteroatoms. The van der Waals surface area contributed by atoms with Crippen LogP contribution in [0, 0.1) is 0 Å². The van der Waals surface area contributed by atoms with E-state index >= 15 is 0 Å². The van der Waals surface area contributed by atoms with Crippen molar-refractivity contribution in [2.75, 3.05) is 0 Å². The minimum atomic E-state index is -0.940. The summed E-state index contributed by atoms with van der Waals surface area (Å²) >= 11 is 0. The first kappa shape index (κ1) is 11.4. The van der Waals surface area contributed by atoms with Crippen molar-refractivity contribution in [1.82, 2.24) is 4.98 Å². The number of aliphatic carboxylic acids is 1. The van der Waals surface area contributed by atoms with Crippen molar-refractivity contribution >= 4 is 12.0 Å². The minimum Gasteiger partial charge on any atom is -0.478 e. The van der Waals surface area contributed by atoms with Crippen LogP contribution in [0.2, 0.25) is 0 Å². The molecule has 0 aromatic carbocycles. The topological polar surface area (TPSA) is 50.2 Å². The van der Waals surface area contributed by atoms with E-state index < -0.39 is 5.97 Å². The molecule has 1 aromatic rings. The number of hydrogen-bond acceptors (Lipinski definition) is 2. The van der Waals surface area contributed by atoms with Gasteiger partial charge in [0.2, 0.25) is 0 Å². The van der Waals surface area contributed by atoms with Gasteiger partial charge in [-0.15, -0.1) is 0 Å². The molecule has 1 aromatic heterocycles. The van der Waals surface area contributed by atoms with Crippen LogP contribution in [0.1, 0.15) is 31.0 Å². The molecule has 0 aliphatic heterocycles. The van der Waals surface area contributed by atoms with E-state index in [9.17, 15) is 4.79 Å². The summed E-state index contributed by atoms with van der Waals surface area (Å²) in [5, 5.41) is 8.44. The molecule has 0 saturated carbocycles. The highest BCUT2D eigenvalue weighted by molar-refractivity contribution is 5.85. The number of hydrogen-bond donors (Lipinski definition) is 1. The summed E-state index contributed by atoms with van der Waals surface area (Å²) in [6, 6.07) is 3.83. The van der Waals surface area contributed by atoms with Crippen molar-refractivity contribution < 1.29 is 9.90 Å². The second-order valence-corrected chi connectivity index (χ2v) is 3.36. The number of carboxylic acids is 1. The number of aryl methyl sites for hydroxylation is 1. The summed E-state index contributed by atoms with van der Waals surface area (Å²) in [5.74, 6) is -0.940. The molecule has 1 rings (SSSR count). The molecule has 0 aliphatic rings. The molecule has 0 atom stereocenters. The zero-order chi connectivity index (χ0) is 11.1. The molecular formula is C12H15NO2. The molecule has 0 amide bonds. The maximum Gasteiger partial charge on any atom is 0.328 e. The van der Waals surface area contributed by atoms with Crippen LogP contribution in [0.15, 0.2) is 24.4 Å². The van der Waals surface area contributed by atoms with Gasteiger partial charge in [-0.05, 0) is 30.5 Å². The summed E-state index contributed by atoms with van der Waals surface area (Å²) in [7, 11) is 0. The Morgan fingerprint density at radius 1 is 1.53 bits per heavy atom. The third-order valence-corrected chi connectivity index (χ3v) is 2.05. The molecule has 80 valence electrons. The van der Waals surface area contributed by atoms with Gasteiger partial charge in [0.25, 0.3) is 0 Å². The smallest absolute Gasteiger partial charge is 0.328 e. The van der Waals surface area contributed by atoms with Crippen LogP contribution in [0.4, 0.5) is 0 Å². The summed E-state index contributed by atoms with van der Waals surface area (Å²) in [5.41, 5.74) is 1.88. The predicted octanol–water partition coefficient (Wildman–Crippen LogP) is 2.52. The summed E-state index contributed by atoms with van der Waals surface area (Å²) in [6.07, 6.45) is 7.63. The maximum absolute atomic E-state index is 10.3. The molecule has 0 radical (unpaired) electrons. The van der Waals surface area contributed by atoms with Crippen LogP contribution in [-0.2, 0) is 11.2 Å². The highest BCUT2D eigenvalue weighted by atomic mass is 16.4. The molecule has 0 saturated heterocycles. The first-order valence-electron chi connectivity index (χ1n) is 5.08. The van der Waals surface area contributed by atoms with Gasteiger partial charge in [-0.3, -0.25) is 4.98 Å². The third-order valence-electron chi connectivity index (χ3n) is 2.05. The Bertz CT molecular complexity index is 341. The Kier molecular flexibility index (Phi) is 4.54. The third kappa shape index (κ3) is 4.40. The average molecular weight is 205 g/mol. The van der Waals surface area contributed by atoms with E-state index in [4.69, 9.17) is 5.11 Å². The van der Waals surface area contributed by atoms with E-state index in [-0.39, 0.29) is 0 Å². The number of carbonyl (C=O) groups is 1. The van der Waals surface area contributed by atoms with E-state index in [0.717, 1.165) is 36.6 Å². The largest absolute Gasteiger partial charge is 0.478 e. The van der Waals surface area contributed by atoms with Gasteiger partial charge in [-0.2, -0.15) is 0 Å². The molecular weight excluding hydrogens is 190 g/mol. The van der Waals surface area contributed by atoms with E-state index in [1.54, 1.807) is 12.3 Å². The van der Waals surface area contributed by atoms with Crippen LogP contribution in [0.25, 0.3) is 6.08 Å². The van der Waals surface area contributed by atoms with Gasteiger partial charge in [0, 0.05) is 18.0 Å². The van der Waals surface area contributed by atoms with Crippen molar-refractivity contribution in [2.45, 2.75) is 26.2 Å². The van der Waals surface area contributed by atoms with E-state index in [2.05, 4.69) is 11.9 Å². The van der Waals surface area contributed by atoms with Crippen molar-refractivity contribution in [1.29, 1.82) is 0 Å². The Morgan fingerprint density at radius 3 is 2.87 bits per heavy atom. The zero-order valence-corrected chi connectivity index (χ0v) is 8.81. The first-order chi connectivity index (χ1) is 7.22. The highest BCUT2D eigenvalue weighted by Crippen LogP contribution is 2.05. The molecule has 1 heterocycles. The molecule has 0 fully saturated rings. The van der Waals surface area contributed by atoms with E-state index in [1.165, 1.54) is 0 Å². The lowest BCUT2D eigenvalue weighted by Crippen LogP contribution is -1.90. The molecule has 3 nitrogen and oxygen atoms in total. The molecule has 15 heavy (non-hydrogen) atoms. The Labute approximate surface area is 89.5 Å². The fraction of sp³-hybridized carbons (Fsp3) is 0.333. The van der Waals surface area contributed by atoms with Gasteiger partial charge in [0.1, 0.15) is 0 Å². The van der Waals surface area contributed by atoms with Gasteiger partial charge in [0.05, 0.1) is 0 Å². The van der Waals surface area contributed by atoms with Gasteiger partial charge in [-0.1, -0.05) is 19.4 Å². The van der Waals surface area contributed by atoms with Crippen molar-refractivity contribution in [3.05, 3.63) is 35.7 Å². The molecule has 0 spiro atoms. The summed E-state index contributed by atoms with van der Waals surface area (Å²) < 4.78 is 0. The maximum atomic E-state index is 10.3. The van der Waals surface area contributed by atoms with Crippen LogP contribution < -0.4 is 0 Å². The lowest BCUT2D eigenvalue weighted by atomic mass is 10.1. The second-order valence-electron chi connectivity index (χ2n) is 3.36. The van der Waals surface area contributed by atoms with Gasteiger partial charge in [-0.25, -0.2) is 4.79 Å². The fourth-order valence-electron chi connectivity index (χ4n) is 1.21. The molecule has 0 aliphatic carbocycles. The minimum absolute atomic E-state index is 0.817. The Hall–Kier alpha value is -1.64. The molecule has 0 bridgehead atoms. The highest BCUT2D eigenvalue weighted by Gasteiger charge is 1.94. The van der Waals surface area contributed by atoms with Gasteiger partial charge >= 0.3 is 5.97 Å². The number of unbranched alkanes of at least 4 members (excludes halogenated alkanes) is 1. The van der Waals surface area contributed by atoms with Gasteiger partial charge < -0.3 is 5.11 Å². The monoisotopic (exact) mass is 205 g/mol. The zero-order valence-electron chi connectivity index (χ0n) is 8.81.